The molecule has 0 aromatic carbocycles. The molecule has 0 spiro atoms. The lowest BCUT2D eigenvalue weighted by Crippen LogP contribution is -2.26. The molecule has 1 aromatic heterocycles. The van der Waals surface area contributed by atoms with Crippen LogP contribution in [0.3, 0.4) is 0 Å². The molecule has 0 amide bonds. The van der Waals surface area contributed by atoms with Gasteiger partial charge in [0.25, 0.3) is 0 Å². The summed E-state index contributed by atoms with van der Waals surface area (Å²) in [7, 11) is 0. The van der Waals surface area contributed by atoms with Gasteiger partial charge in [0.05, 0.1) is 6.20 Å². The summed E-state index contributed by atoms with van der Waals surface area (Å²) in [6.07, 6.45) is 8.36. The molecule has 1 heterocycles. The van der Waals surface area contributed by atoms with E-state index < -0.39 is 0 Å². The number of nitrogens with one attached hydrogen (secondary N) is 1. The Morgan fingerprint density at radius 2 is 2.29 bits per heavy atom. The molecule has 2 rings (SSSR count). The van der Waals surface area contributed by atoms with Gasteiger partial charge >= 0.3 is 0 Å². The lowest BCUT2D eigenvalue weighted by molar-refractivity contribution is 0.274. The Labute approximate surface area is 103 Å². The summed E-state index contributed by atoms with van der Waals surface area (Å²) in [5, 5.41) is 3.41. The SMILES string of the molecule is CC1CCCC(CNCc2cncc(F)c2)C1. The maximum Gasteiger partial charge on any atom is 0.141 e. The number of pyridine rings is 1. The van der Waals surface area contributed by atoms with Gasteiger partial charge in [0.1, 0.15) is 5.82 Å². The van der Waals surface area contributed by atoms with Crippen LogP contribution in [0.15, 0.2) is 18.5 Å². The summed E-state index contributed by atoms with van der Waals surface area (Å²) in [5.41, 5.74) is 0.925. The molecule has 1 aliphatic carbocycles. The van der Waals surface area contributed by atoms with Crippen LogP contribution >= 0.6 is 0 Å². The second-order valence-corrected chi connectivity index (χ2v) is 5.28. The Morgan fingerprint density at radius 1 is 1.41 bits per heavy atom. The third kappa shape index (κ3) is 4.08. The van der Waals surface area contributed by atoms with Gasteiger partial charge in [-0.2, -0.15) is 0 Å². The fraction of sp³-hybridized carbons (Fsp3) is 0.643. The Kier molecular flexibility index (Phi) is 4.49. The molecule has 1 aliphatic rings. The second-order valence-electron chi connectivity index (χ2n) is 5.28. The van der Waals surface area contributed by atoms with Crippen LogP contribution in [0.4, 0.5) is 4.39 Å². The molecule has 3 heteroatoms. The number of nitrogens with zero attached hydrogens (tertiary/aromatic N) is 1. The molecule has 1 aromatic rings. The lowest BCUT2D eigenvalue weighted by Gasteiger charge is -2.26. The van der Waals surface area contributed by atoms with E-state index in [-0.39, 0.29) is 5.82 Å². The van der Waals surface area contributed by atoms with Gasteiger partial charge in [-0.25, -0.2) is 4.39 Å². The van der Waals surface area contributed by atoms with Crippen LogP contribution in [0.1, 0.15) is 38.2 Å². The topological polar surface area (TPSA) is 24.9 Å². The van der Waals surface area contributed by atoms with E-state index in [9.17, 15) is 4.39 Å². The zero-order chi connectivity index (χ0) is 12.1. The standard InChI is InChI=1S/C14H21FN2/c1-11-3-2-4-12(5-11)7-16-8-13-6-14(15)10-17-9-13/h6,9-12,16H,2-5,7-8H2,1H3. The molecule has 2 atom stereocenters. The number of rotatable bonds is 4. The summed E-state index contributed by atoms with van der Waals surface area (Å²) >= 11 is 0. The van der Waals surface area contributed by atoms with Crippen molar-refractivity contribution in [1.82, 2.24) is 10.3 Å². The predicted octanol–water partition coefficient (Wildman–Crippen LogP) is 3.14. The second kappa shape index (κ2) is 6.10. The van der Waals surface area contributed by atoms with Gasteiger partial charge in [0.2, 0.25) is 0 Å². The van der Waals surface area contributed by atoms with Crippen molar-refractivity contribution in [2.75, 3.05) is 6.54 Å². The highest BCUT2D eigenvalue weighted by atomic mass is 19.1. The highest BCUT2D eigenvalue weighted by Gasteiger charge is 2.18. The van der Waals surface area contributed by atoms with E-state index in [1.807, 2.05) is 0 Å². The van der Waals surface area contributed by atoms with Crippen molar-refractivity contribution in [3.05, 3.63) is 29.8 Å². The van der Waals surface area contributed by atoms with Crippen LogP contribution in [0, 0.1) is 17.7 Å². The van der Waals surface area contributed by atoms with Crippen LogP contribution in [-0.2, 0) is 6.54 Å². The average Bonchev–Trinajstić information content (AvgIpc) is 2.29. The Morgan fingerprint density at radius 3 is 3.06 bits per heavy atom. The Hall–Kier alpha value is -0.960. The molecule has 0 aliphatic heterocycles. The van der Waals surface area contributed by atoms with E-state index in [4.69, 9.17) is 0 Å². The van der Waals surface area contributed by atoms with Crippen LogP contribution < -0.4 is 5.32 Å². The zero-order valence-electron chi connectivity index (χ0n) is 10.5. The molecule has 0 bridgehead atoms. The summed E-state index contributed by atoms with van der Waals surface area (Å²) in [6, 6.07) is 1.55. The molecule has 2 unspecified atom stereocenters. The van der Waals surface area contributed by atoms with Gasteiger partial charge in [-0.3, -0.25) is 4.98 Å². The van der Waals surface area contributed by atoms with Crippen molar-refractivity contribution in [2.24, 2.45) is 11.8 Å². The number of hydrogen-bond acceptors (Lipinski definition) is 2. The van der Waals surface area contributed by atoms with E-state index in [1.165, 1.54) is 31.9 Å². The third-order valence-electron chi connectivity index (χ3n) is 3.57. The molecule has 2 nitrogen and oxygen atoms in total. The average molecular weight is 236 g/mol. The first-order chi connectivity index (χ1) is 8.24. The molecule has 1 N–H and O–H groups in total. The Balaban J connectivity index is 1.72. The molecule has 1 fully saturated rings. The first kappa shape index (κ1) is 12.5. The van der Waals surface area contributed by atoms with Gasteiger partial charge in [0.15, 0.2) is 0 Å². The van der Waals surface area contributed by atoms with Gasteiger partial charge in [-0.05, 0) is 42.9 Å². The van der Waals surface area contributed by atoms with Gasteiger partial charge in [0, 0.05) is 12.7 Å². The van der Waals surface area contributed by atoms with Crippen molar-refractivity contribution >= 4 is 0 Å². The quantitative estimate of drug-likeness (QED) is 0.868. The molecule has 17 heavy (non-hydrogen) atoms. The molecular formula is C14H21FN2. The fourth-order valence-electron chi connectivity index (χ4n) is 2.72. The van der Waals surface area contributed by atoms with Gasteiger partial charge < -0.3 is 5.32 Å². The van der Waals surface area contributed by atoms with E-state index in [0.717, 1.165) is 30.5 Å². The molecular weight excluding hydrogens is 215 g/mol. The van der Waals surface area contributed by atoms with E-state index >= 15 is 0 Å². The highest BCUT2D eigenvalue weighted by Crippen LogP contribution is 2.27. The van der Waals surface area contributed by atoms with Crippen LogP contribution in [0.5, 0.6) is 0 Å². The summed E-state index contributed by atoms with van der Waals surface area (Å²) in [4.78, 5) is 3.85. The molecule has 0 saturated heterocycles. The van der Waals surface area contributed by atoms with E-state index in [1.54, 1.807) is 12.3 Å². The maximum absolute atomic E-state index is 12.9. The molecule has 0 radical (unpaired) electrons. The minimum atomic E-state index is -0.254. The third-order valence-corrected chi connectivity index (χ3v) is 3.57. The number of halogens is 1. The zero-order valence-corrected chi connectivity index (χ0v) is 10.5. The minimum absolute atomic E-state index is 0.254. The number of aromatic nitrogens is 1. The first-order valence-electron chi connectivity index (χ1n) is 6.54. The van der Waals surface area contributed by atoms with Crippen LogP contribution in [0.25, 0.3) is 0 Å². The predicted molar refractivity (Wildman–Crippen MR) is 67.0 cm³/mol. The first-order valence-corrected chi connectivity index (χ1v) is 6.54. The van der Waals surface area contributed by atoms with Crippen molar-refractivity contribution in [3.63, 3.8) is 0 Å². The van der Waals surface area contributed by atoms with Gasteiger partial charge in [-0.15, -0.1) is 0 Å². The van der Waals surface area contributed by atoms with Crippen LogP contribution in [0.2, 0.25) is 0 Å². The van der Waals surface area contributed by atoms with Gasteiger partial charge in [-0.1, -0.05) is 19.8 Å². The number of hydrogen-bond donors (Lipinski definition) is 1. The minimum Gasteiger partial charge on any atom is -0.312 e. The molecule has 1 saturated carbocycles. The Bertz CT molecular complexity index is 354. The fourth-order valence-corrected chi connectivity index (χ4v) is 2.72. The largest absolute Gasteiger partial charge is 0.312 e. The monoisotopic (exact) mass is 236 g/mol. The van der Waals surface area contributed by atoms with Crippen molar-refractivity contribution < 1.29 is 4.39 Å². The van der Waals surface area contributed by atoms with Crippen molar-refractivity contribution in [3.8, 4) is 0 Å². The lowest BCUT2D eigenvalue weighted by atomic mass is 9.82. The van der Waals surface area contributed by atoms with Crippen molar-refractivity contribution in [1.29, 1.82) is 0 Å². The highest BCUT2D eigenvalue weighted by molar-refractivity contribution is 5.09. The van der Waals surface area contributed by atoms with Crippen LogP contribution in [-0.4, -0.2) is 11.5 Å². The maximum atomic E-state index is 12.9. The van der Waals surface area contributed by atoms with Crippen molar-refractivity contribution in [2.45, 2.75) is 39.2 Å². The smallest absolute Gasteiger partial charge is 0.141 e. The van der Waals surface area contributed by atoms with E-state index in [2.05, 4.69) is 17.2 Å². The van der Waals surface area contributed by atoms with E-state index in [0.29, 0.717) is 0 Å². The summed E-state index contributed by atoms with van der Waals surface area (Å²) < 4.78 is 12.9. The molecule has 94 valence electrons. The summed E-state index contributed by atoms with van der Waals surface area (Å²) in [5.74, 6) is 1.40. The summed E-state index contributed by atoms with van der Waals surface area (Å²) in [6.45, 7) is 4.10. The normalized spacial score (nSPS) is 24.8.